The Morgan fingerprint density at radius 2 is 1.86 bits per heavy atom. The maximum atomic E-state index is 12.4. The smallest absolute Gasteiger partial charge is 0.336 e. The molecule has 1 saturated heterocycles. The number of rotatable bonds is 2. The first-order valence-corrected chi connectivity index (χ1v) is 8.05. The van der Waals surface area contributed by atoms with Crippen molar-refractivity contribution in [2.45, 2.75) is 23.4 Å². The molecule has 0 aromatic heterocycles. The zero-order valence-corrected chi connectivity index (χ0v) is 12.5. The highest BCUT2D eigenvalue weighted by atomic mass is 32.2. The largest absolute Gasteiger partial charge is 0.501 e. The van der Waals surface area contributed by atoms with Gasteiger partial charge in [0.05, 0.1) is 4.90 Å². The standard InChI is InChI=1S/C13H15F3N2O3S/c1-9-8-18(7-6-17-9)12(19)10-2-4-11(5-3-10)22(20,21)13(14,15)16/h2-5,9,17H,6-8H2,1H3/t9-/m1/s1. The van der Waals surface area contributed by atoms with Gasteiger partial charge in [0.25, 0.3) is 15.7 Å². The van der Waals surface area contributed by atoms with Crippen LogP contribution in [0.1, 0.15) is 17.3 Å². The van der Waals surface area contributed by atoms with Gasteiger partial charge in [-0.3, -0.25) is 4.79 Å². The third-order valence-corrected chi connectivity index (χ3v) is 4.87. The molecule has 1 aliphatic rings. The molecule has 1 atom stereocenters. The number of halogens is 3. The van der Waals surface area contributed by atoms with Gasteiger partial charge >= 0.3 is 5.51 Å². The molecule has 0 radical (unpaired) electrons. The van der Waals surface area contributed by atoms with Gasteiger partial charge in [-0.15, -0.1) is 0 Å². The van der Waals surface area contributed by atoms with E-state index in [1.807, 2.05) is 6.92 Å². The van der Waals surface area contributed by atoms with Crippen molar-refractivity contribution in [2.24, 2.45) is 0 Å². The number of sulfone groups is 1. The van der Waals surface area contributed by atoms with E-state index in [1.54, 1.807) is 4.90 Å². The number of hydrogen-bond acceptors (Lipinski definition) is 4. The molecule has 122 valence electrons. The van der Waals surface area contributed by atoms with Crippen LogP contribution in [0.5, 0.6) is 0 Å². The lowest BCUT2D eigenvalue weighted by Crippen LogP contribution is -2.51. The van der Waals surface area contributed by atoms with E-state index in [1.165, 1.54) is 0 Å². The van der Waals surface area contributed by atoms with Gasteiger partial charge in [0.1, 0.15) is 0 Å². The van der Waals surface area contributed by atoms with Gasteiger partial charge in [-0.25, -0.2) is 8.42 Å². The fraction of sp³-hybridized carbons (Fsp3) is 0.462. The molecule has 9 heteroatoms. The maximum absolute atomic E-state index is 12.4. The first kappa shape index (κ1) is 16.8. The normalized spacial score (nSPS) is 20.0. The number of piperazine rings is 1. The number of nitrogens with zero attached hydrogens (tertiary/aromatic N) is 1. The molecule has 0 saturated carbocycles. The summed E-state index contributed by atoms with van der Waals surface area (Å²) in [5, 5.41) is 3.17. The van der Waals surface area contributed by atoms with E-state index in [9.17, 15) is 26.4 Å². The van der Waals surface area contributed by atoms with E-state index in [0.717, 1.165) is 24.3 Å². The minimum absolute atomic E-state index is 0.127. The summed E-state index contributed by atoms with van der Waals surface area (Å²) < 4.78 is 59.8. The van der Waals surface area contributed by atoms with Gasteiger partial charge < -0.3 is 10.2 Å². The van der Waals surface area contributed by atoms with Crippen LogP contribution in [-0.2, 0) is 9.84 Å². The molecule has 1 fully saturated rings. The highest BCUT2D eigenvalue weighted by Gasteiger charge is 2.46. The monoisotopic (exact) mass is 336 g/mol. The lowest BCUT2D eigenvalue weighted by Gasteiger charge is -2.32. The van der Waals surface area contributed by atoms with Crippen LogP contribution in [0.25, 0.3) is 0 Å². The summed E-state index contributed by atoms with van der Waals surface area (Å²) in [5.74, 6) is -0.329. The Bertz CT molecular complexity index is 656. The molecule has 0 aliphatic carbocycles. The predicted octanol–water partition coefficient (Wildman–Crippen LogP) is 1.41. The number of hydrogen-bond donors (Lipinski definition) is 1. The van der Waals surface area contributed by atoms with E-state index in [2.05, 4.69) is 5.32 Å². The Balaban J connectivity index is 2.21. The number of benzene rings is 1. The Morgan fingerprint density at radius 1 is 1.27 bits per heavy atom. The van der Waals surface area contributed by atoms with E-state index >= 15 is 0 Å². The minimum Gasteiger partial charge on any atom is -0.336 e. The molecular formula is C13H15F3N2O3S. The first-order valence-electron chi connectivity index (χ1n) is 6.57. The molecule has 1 heterocycles. The zero-order valence-electron chi connectivity index (χ0n) is 11.7. The summed E-state index contributed by atoms with van der Waals surface area (Å²) in [6.45, 7) is 3.53. The van der Waals surface area contributed by atoms with Crippen LogP contribution in [-0.4, -0.2) is 50.4 Å². The molecule has 1 N–H and O–H groups in total. The quantitative estimate of drug-likeness (QED) is 0.887. The average Bonchev–Trinajstić information content (AvgIpc) is 2.45. The van der Waals surface area contributed by atoms with Crippen molar-refractivity contribution < 1.29 is 26.4 Å². The average molecular weight is 336 g/mol. The van der Waals surface area contributed by atoms with Crippen molar-refractivity contribution in [2.75, 3.05) is 19.6 Å². The predicted molar refractivity (Wildman–Crippen MR) is 73.1 cm³/mol. The molecule has 2 rings (SSSR count). The lowest BCUT2D eigenvalue weighted by atomic mass is 10.1. The molecule has 0 unspecified atom stereocenters. The number of carbonyl (C=O) groups is 1. The lowest BCUT2D eigenvalue weighted by molar-refractivity contribution is -0.0436. The summed E-state index contributed by atoms with van der Waals surface area (Å²) in [4.78, 5) is 12.9. The molecule has 1 aromatic carbocycles. The Labute approximate surface area is 126 Å². The third kappa shape index (κ3) is 3.25. The van der Waals surface area contributed by atoms with Crippen molar-refractivity contribution >= 4 is 15.7 Å². The van der Waals surface area contributed by atoms with Gasteiger partial charge in [0, 0.05) is 31.2 Å². The summed E-state index contributed by atoms with van der Waals surface area (Å²) >= 11 is 0. The molecule has 0 spiro atoms. The maximum Gasteiger partial charge on any atom is 0.501 e. The van der Waals surface area contributed by atoms with E-state index in [4.69, 9.17) is 0 Å². The van der Waals surface area contributed by atoms with Crippen molar-refractivity contribution in [1.29, 1.82) is 0 Å². The van der Waals surface area contributed by atoms with E-state index in [-0.39, 0.29) is 17.5 Å². The van der Waals surface area contributed by atoms with Gasteiger partial charge in [-0.1, -0.05) is 0 Å². The van der Waals surface area contributed by atoms with Gasteiger partial charge in [0.2, 0.25) is 0 Å². The van der Waals surface area contributed by atoms with Crippen LogP contribution in [0.4, 0.5) is 13.2 Å². The van der Waals surface area contributed by atoms with Crippen molar-refractivity contribution in [3.63, 3.8) is 0 Å². The van der Waals surface area contributed by atoms with Crippen molar-refractivity contribution in [3.05, 3.63) is 29.8 Å². The molecule has 1 amide bonds. The fourth-order valence-corrected chi connectivity index (χ4v) is 2.97. The Morgan fingerprint density at radius 3 is 2.36 bits per heavy atom. The van der Waals surface area contributed by atoms with Crippen LogP contribution in [0.2, 0.25) is 0 Å². The van der Waals surface area contributed by atoms with Crippen LogP contribution in [0.3, 0.4) is 0 Å². The molecule has 5 nitrogen and oxygen atoms in total. The first-order chi connectivity index (χ1) is 10.1. The van der Waals surface area contributed by atoms with Crippen LogP contribution >= 0.6 is 0 Å². The van der Waals surface area contributed by atoms with Crippen LogP contribution < -0.4 is 5.32 Å². The highest BCUT2D eigenvalue weighted by molar-refractivity contribution is 7.92. The molecule has 0 bridgehead atoms. The van der Waals surface area contributed by atoms with E-state index < -0.39 is 20.2 Å². The third-order valence-electron chi connectivity index (χ3n) is 3.37. The number of alkyl halides is 3. The summed E-state index contributed by atoms with van der Waals surface area (Å²) in [5.41, 5.74) is -5.19. The molecule has 22 heavy (non-hydrogen) atoms. The zero-order chi connectivity index (χ0) is 16.5. The van der Waals surface area contributed by atoms with Crippen LogP contribution in [0.15, 0.2) is 29.2 Å². The second kappa shape index (κ2) is 5.88. The number of amides is 1. The Hall–Kier alpha value is -1.61. The highest BCUT2D eigenvalue weighted by Crippen LogP contribution is 2.30. The summed E-state index contributed by atoms with van der Waals surface area (Å²) in [6.07, 6.45) is 0. The fourth-order valence-electron chi connectivity index (χ4n) is 2.21. The SMILES string of the molecule is C[C@@H]1CN(C(=O)c2ccc(S(=O)(=O)C(F)(F)F)cc2)CCN1. The van der Waals surface area contributed by atoms with Crippen LogP contribution in [0, 0.1) is 0 Å². The van der Waals surface area contributed by atoms with Gasteiger partial charge in [-0.05, 0) is 31.2 Å². The topological polar surface area (TPSA) is 66.5 Å². The summed E-state index contributed by atoms with van der Waals surface area (Å²) in [6, 6.07) is 3.95. The second-order valence-electron chi connectivity index (χ2n) is 5.08. The minimum atomic E-state index is -5.39. The van der Waals surface area contributed by atoms with Crippen molar-refractivity contribution in [1.82, 2.24) is 10.2 Å². The van der Waals surface area contributed by atoms with Gasteiger partial charge in [-0.2, -0.15) is 13.2 Å². The van der Waals surface area contributed by atoms with Crippen molar-refractivity contribution in [3.8, 4) is 0 Å². The summed E-state index contributed by atoms with van der Waals surface area (Å²) in [7, 11) is -5.39. The second-order valence-corrected chi connectivity index (χ2v) is 7.02. The Kier molecular flexibility index (Phi) is 4.48. The molecule has 1 aromatic rings. The number of nitrogens with one attached hydrogen (secondary N) is 1. The molecular weight excluding hydrogens is 321 g/mol. The number of carbonyl (C=O) groups excluding carboxylic acids is 1. The van der Waals surface area contributed by atoms with E-state index in [0.29, 0.717) is 19.6 Å². The van der Waals surface area contributed by atoms with Gasteiger partial charge in [0.15, 0.2) is 0 Å². The molecule has 1 aliphatic heterocycles.